The molecule has 8 nitrogen and oxygen atoms in total. The Morgan fingerprint density at radius 2 is 2.14 bits per heavy atom. The highest BCUT2D eigenvalue weighted by Gasteiger charge is 2.35. The fourth-order valence-corrected chi connectivity index (χ4v) is 3.82. The highest BCUT2D eigenvalue weighted by atomic mass is 16.5. The van der Waals surface area contributed by atoms with Gasteiger partial charge in [-0.15, -0.1) is 0 Å². The Labute approximate surface area is 168 Å². The quantitative estimate of drug-likeness (QED) is 0.808. The number of furan rings is 1. The highest BCUT2D eigenvalue weighted by Crippen LogP contribution is 2.34. The number of likely N-dealkylation sites (tertiary alicyclic amines) is 1. The van der Waals surface area contributed by atoms with Crippen LogP contribution in [0.25, 0.3) is 0 Å². The molecule has 0 bridgehead atoms. The summed E-state index contributed by atoms with van der Waals surface area (Å²) in [6.45, 7) is 1.34. The van der Waals surface area contributed by atoms with Crippen molar-refractivity contribution in [1.29, 1.82) is 0 Å². The second kappa shape index (κ2) is 7.98. The van der Waals surface area contributed by atoms with Gasteiger partial charge in [0.15, 0.2) is 0 Å². The molecule has 3 heterocycles. The number of nitrogens with one attached hydrogen (secondary N) is 1. The SMILES string of the molecule is COc1ccc(NC(=O)C2CC(=O)N(Cc3ccco3)C2)cc1N1CCCC1=O. The minimum Gasteiger partial charge on any atom is -0.495 e. The lowest BCUT2D eigenvalue weighted by Gasteiger charge is -2.20. The maximum Gasteiger partial charge on any atom is 0.229 e. The molecule has 2 saturated heterocycles. The van der Waals surface area contributed by atoms with Gasteiger partial charge in [0, 0.05) is 31.6 Å². The molecule has 1 aromatic carbocycles. The molecule has 1 atom stereocenters. The number of rotatable bonds is 6. The van der Waals surface area contributed by atoms with Gasteiger partial charge in [0.2, 0.25) is 17.7 Å². The van der Waals surface area contributed by atoms with Crippen molar-refractivity contribution in [3.8, 4) is 5.75 Å². The van der Waals surface area contributed by atoms with Gasteiger partial charge in [0.1, 0.15) is 11.5 Å². The summed E-state index contributed by atoms with van der Waals surface area (Å²) < 4.78 is 10.7. The summed E-state index contributed by atoms with van der Waals surface area (Å²) in [6, 6.07) is 8.79. The summed E-state index contributed by atoms with van der Waals surface area (Å²) in [5.74, 6) is 0.593. The normalized spacial score (nSPS) is 19.1. The summed E-state index contributed by atoms with van der Waals surface area (Å²) >= 11 is 0. The van der Waals surface area contributed by atoms with Crippen LogP contribution in [0.4, 0.5) is 11.4 Å². The van der Waals surface area contributed by atoms with Crippen LogP contribution in [0.5, 0.6) is 5.75 Å². The van der Waals surface area contributed by atoms with Gasteiger partial charge in [-0.2, -0.15) is 0 Å². The molecular formula is C21H23N3O5. The van der Waals surface area contributed by atoms with Gasteiger partial charge < -0.3 is 24.3 Å². The van der Waals surface area contributed by atoms with Crippen LogP contribution < -0.4 is 15.0 Å². The van der Waals surface area contributed by atoms with Crippen molar-refractivity contribution >= 4 is 29.1 Å². The van der Waals surface area contributed by atoms with Crippen LogP contribution in [-0.4, -0.2) is 42.8 Å². The molecule has 3 amide bonds. The number of hydrogen-bond acceptors (Lipinski definition) is 5. The van der Waals surface area contributed by atoms with E-state index in [0.29, 0.717) is 48.9 Å². The summed E-state index contributed by atoms with van der Waals surface area (Å²) in [5.41, 5.74) is 1.22. The van der Waals surface area contributed by atoms with Gasteiger partial charge in [0.25, 0.3) is 0 Å². The van der Waals surface area contributed by atoms with Gasteiger partial charge >= 0.3 is 0 Å². The average Bonchev–Trinajstić information content (AvgIpc) is 3.45. The van der Waals surface area contributed by atoms with Crippen molar-refractivity contribution in [2.45, 2.75) is 25.8 Å². The third-order valence-corrected chi connectivity index (χ3v) is 5.32. The lowest BCUT2D eigenvalue weighted by molar-refractivity contribution is -0.128. The number of methoxy groups -OCH3 is 1. The zero-order valence-electron chi connectivity index (χ0n) is 16.2. The number of benzene rings is 1. The number of hydrogen-bond donors (Lipinski definition) is 1. The Morgan fingerprint density at radius 3 is 2.83 bits per heavy atom. The smallest absolute Gasteiger partial charge is 0.229 e. The van der Waals surface area contributed by atoms with Crippen molar-refractivity contribution in [2.75, 3.05) is 30.4 Å². The zero-order chi connectivity index (χ0) is 20.4. The predicted molar refractivity (Wildman–Crippen MR) is 105 cm³/mol. The molecule has 0 aliphatic carbocycles. The first-order chi connectivity index (χ1) is 14.0. The van der Waals surface area contributed by atoms with E-state index in [2.05, 4.69) is 5.32 Å². The summed E-state index contributed by atoms with van der Waals surface area (Å²) in [7, 11) is 1.55. The minimum absolute atomic E-state index is 0.0433. The molecule has 2 aliphatic rings. The molecule has 8 heteroatoms. The van der Waals surface area contributed by atoms with Crippen molar-refractivity contribution in [3.05, 3.63) is 42.4 Å². The highest BCUT2D eigenvalue weighted by molar-refractivity contribution is 6.00. The first kappa shape index (κ1) is 19.0. The van der Waals surface area contributed by atoms with Crippen LogP contribution >= 0.6 is 0 Å². The molecule has 29 heavy (non-hydrogen) atoms. The lowest BCUT2D eigenvalue weighted by atomic mass is 10.1. The van der Waals surface area contributed by atoms with Crippen molar-refractivity contribution in [3.63, 3.8) is 0 Å². The monoisotopic (exact) mass is 397 g/mol. The van der Waals surface area contributed by atoms with E-state index in [9.17, 15) is 14.4 Å². The van der Waals surface area contributed by atoms with Crippen LogP contribution in [0, 0.1) is 5.92 Å². The number of nitrogens with zero attached hydrogens (tertiary/aromatic N) is 2. The van der Waals surface area contributed by atoms with Crippen molar-refractivity contribution in [2.24, 2.45) is 5.92 Å². The van der Waals surface area contributed by atoms with Crippen LogP contribution in [0.2, 0.25) is 0 Å². The van der Waals surface area contributed by atoms with Gasteiger partial charge in [-0.05, 0) is 36.8 Å². The summed E-state index contributed by atoms with van der Waals surface area (Å²) in [5, 5.41) is 2.88. The Kier molecular flexibility index (Phi) is 5.24. The van der Waals surface area contributed by atoms with E-state index >= 15 is 0 Å². The Hall–Kier alpha value is -3.29. The van der Waals surface area contributed by atoms with Crippen molar-refractivity contribution in [1.82, 2.24) is 4.90 Å². The fraction of sp³-hybridized carbons (Fsp3) is 0.381. The molecular weight excluding hydrogens is 374 g/mol. The molecule has 152 valence electrons. The van der Waals surface area contributed by atoms with Crippen LogP contribution in [0.1, 0.15) is 25.0 Å². The predicted octanol–water partition coefficient (Wildman–Crippen LogP) is 2.40. The Balaban J connectivity index is 1.44. The molecule has 4 rings (SSSR count). The molecule has 0 radical (unpaired) electrons. The Morgan fingerprint density at radius 1 is 1.28 bits per heavy atom. The first-order valence-corrected chi connectivity index (χ1v) is 9.64. The van der Waals surface area contributed by atoms with Crippen LogP contribution in [0.3, 0.4) is 0 Å². The fourth-order valence-electron chi connectivity index (χ4n) is 3.82. The van der Waals surface area contributed by atoms with E-state index in [0.717, 1.165) is 6.42 Å². The van der Waals surface area contributed by atoms with Crippen molar-refractivity contribution < 1.29 is 23.5 Å². The first-order valence-electron chi connectivity index (χ1n) is 9.64. The third-order valence-electron chi connectivity index (χ3n) is 5.32. The molecule has 0 saturated carbocycles. The number of anilines is 2. The average molecular weight is 397 g/mol. The minimum atomic E-state index is -0.434. The van der Waals surface area contributed by atoms with E-state index in [1.165, 1.54) is 0 Å². The molecule has 0 spiro atoms. The van der Waals surface area contributed by atoms with Gasteiger partial charge in [-0.25, -0.2) is 0 Å². The lowest BCUT2D eigenvalue weighted by Crippen LogP contribution is -2.28. The topological polar surface area (TPSA) is 92.1 Å². The molecule has 2 fully saturated rings. The molecule has 2 aliphatic heterocycles. The number of carbonyl (C=O) groups is 3. The molecule has 1 aromatic heterocycles. The van der Waals surface area contributed by atoms with E-state index in [1.54, 1.807) is 53.5 Å². The maximum absolute atomic E-state index is 12.7. The van der Waals surface area contributed by atoms with E-state index in [4.69, 9.17) is 9.15 Å². The largest absolute Gasteiger partial charge is 0.495 e. The second-order valence-electron chi connectivity index (χ2n) is 7.28. The van der Waals surface area contributed by atoms with Crippen LogP contribution in [-0.2, 0) is 20.9 Å². The van der Waals surface area contributed by atoms with Gasteiger partial charge in [0.05, 0.1) is 31.5 Å². The van der Waals surface area contributed by atoms with Crippen LogP contribution in [0.15, 0.2) is 41.0 Å². The third kappa shape index (κ3) is 3.96. The molecule has 1 unspecified atom stereocenters. The maximum atomic E-state index is 12.7. The number of amides is 3. The second-order valence-corrected chi connectivity index (χ2v) is 7.28. The summed E-state index contributed by atoms with van der Waals surface area (Å²) in [6.07, 6.45) is 3.04. The van der Waals surface area contributed by atoms with Gasteiger partial charge in [-0.1, -0.05) is 0 Å². The van der Waals surface area contributed by atoms with Gasteiger partial charge in [-0.3, -0.25) is 14.4 Å². The zero-order valence-corrected chi connectivity index (χ0v) is 16.2. The summed E-state index contributed by atoms with van der Waals surface area (Å²) in [4.78, 5) is 40.4. The van der Waals surface area contributed by atoms with E-state index in [-0.39, 0.29) is 24.1 Å². The number of carbonyl (C=O) groups excluding carboxylic acids is 3. The standard InChI is InChI=1S/C21H23N3O5/c1-28-18-7-6-15(11-17(18)24-8-2-5-19(24)25)22-21(27)14-10-20(26)23(12-14)13-16-4-3-9-29-16/h3-4,6-7,9,11,14H,2,5,8,10,12-13H2,1H3,(H,22,27). The van der Waals surface area contributed by atoms with E-state index in [1.807, 2.05) is 0 Å². The molecule has 1 N–H and O–H groups in total. The number of ether oxygens (including phenoxy) is 1. The molecule has 2 aromatic rings. The Bertz CT molecular complexity index is 924. The van der Waals surface area contributed by atoms with E-state index < -0.39 is 5.92 Å².